The first-order valence-electron chi connectivity index (χ1n) is 10.2. The van der Waals surface area contributed by atoms with Crippen LogP contribution in [-0.4, -0.2) is 53.1 Å². The van der Waals surface area contributed by atoms with Crippen LogP contribution in [0.15, 0.2) is 55.0 Å². The Morgan fingerprint density at radius 3 is 2.43 bits per heavy atom. The molecule has 0 spiro atoms. The minimum absolute atomic E-state index is 0.494. The monoisotopic (exact) mass is 398 g/mol. The van der Waals surface area contributed by atoms with E-state index in [4.69, 9.17) is 6.42 Å². The second kappa shape index (κ2) is 8.93. The maximum absolute atomic E-state index is 5.36. The van der Waals surface area contributed by atoms with E-state index in [1.165, 1.54) is 0 Å². The summed E-state index contributed by atoms with van der Waals surface area (Å²) in [7, 11) is 4.37. The molecule has 3 heterocycles. The van der Waals surface area contributed by atoms with E-state index in [0.29, 0.717) is 17.6 Å². The molecule has 1 aliphatic rings. The lowest BCUT2D eigenvalue weighted by molar-refractivity contribution is 0.253. The van der Waals surface area contributed by atoms with Gasteiger partial charge in [-0.25, -0.2) is 15.0 Å². The van der Waals surface area contributed by atoms with Gasteiger partial charge in [-0.3, -0.25) is 0 Å². The number of terminal acetylenes is 1. The Labute approximate surface area is 178 Å². The fourth-order valence-electron chi connectivity index (χ4n) is 3.82. The highest BCUT2D eigenvalue weighted by atomic mass is 15.2. The van der Waals surface area contributed by atoms with Gasteiger partial charge in [0.2, 0.25) is 0 Å². The second-order valence-corrected chi connectivity index (χ2v) is 7.65. The predicted molar refractivity (Wildman–Crippen MR) is 122 cm³/mol. The molecule has 0 amide bonds. The molecular weight excluding hydrogens is 372 g/mol. The van der Waals surface area contributed by atoms with Crippen molar-refractivity contribution in [2.75, 3.05) is 37.4 Å². The highest BCUT2D eigenvalue weighted by Crippen LogP contribution is 2.34. The van der Waals surface area contributed by atoms with Crippen molar-refractivity contribution in [1.29, 1.82) is 0 Å². The smallest absolute Gasteiger partial charge is 0.150 e. The van der Waals surface area contributed by atoms with Crippen LogP contribution in [0.4, 0.5) is 17.3 Å². The fraction of sp³-hybridized carbons (Fsp3) is 0.292. The average Bonchev–Trinajstić information content (AvgIpc) is 2.80. The van der Waals surface area contributed by atoms with Gasteiger partial charge in [0.25, 0.3) is 0 Å². The summed E-state index contributed by atoms with van der Waals surface area (Å²) in [6, 6.07) is 13.0. The van der Waals surface area contributed by atoms with Crippen molar-refractivity contribution in [3.05, 3.63) is 60.7 Å². The second-order valence-electron chi connectivity index (χ2n) is 7.65. The largest absolute Gasteiger partial charge is 0.371 e. The van der Waals surface area contributed by atoms with Crippen LogP contribution < -0.4 is 10.2 Å². The van der Waals surface area contributed by atoms with Gasteiger partial charge in [0.1, 0.15) is 17.3 Å². The number of hydrogen-bond donors (Lipinski definition) is 1. The van der Waals surface area contributed by atoms with Crippen LogP contribution in [-0.2, 0) is 0 Å². The number of rotatable bonds is 5. The number of likely N-dealkylation sites (tertiary alicyclic amines) is 1. The SMILES string of the molecule is C#Cc1cnc(Nc2cc(N(C)C3CCN(C)CC3)c(-c3ccccc3)cn2)cn1. The summed E-state index contributed by atoms with van der Waals surface area (Å²) < 4.78 is 0. The van der Waals surface area contributed by atoms with Gasteiger partial charge < -0.3 is 15.1 Å². The lowest BCUT2D eigenvalue weighted by Crippen LogP contribution is -2.42. The van der Waals surface area contributed by atoms with Crippen LogP contribution in [0.3, 0.4) is 0 Å². The zero-order valence-corrected chi connectivity index (χ0v) is 17.4. The topological polar surface area (TPSA) is 57.2 Å². The molecule has 1 fully saturated rings. The molecular formula is C24H26N6. The molecule has 6 nitrogen and oxygen atoms in total. The normalized spacial score (nSPS) is 14.8. The molecule has 3 aromatic rings. The van der Waals surface area contributed by atoms with Gasteiger partial charge in [-0.15, -0.1) is 6.42 Å². The van der Waals surface area contributed by atoms with E-state index in [9.17, 15) is 0 Å². The van der Waals surface area contributed by atoms with Crippen molar-refractivity contribution in [2.24, 2.45) is 0 Å². The number of nitrogens with zero attached hydrogens (tertiary/aromatic N) is 5. The van der Waals surface area contributed by atoms with Crippen molar-refractivity contribution >= 4 is 17.3 Å². The van der Waals surface area contributed by atoms with E-state index in [1.54, 1.807) is 12.4 Å². The number of pyridine rings is 1. The Balaban J connectivity index is 1.66. The summed E-state index contributed by atoms with van der Waals surface area (Å²) in [5.74, 6) is 3.82. The minimum atomic E-state index is 0.494. The molecule has 0 saturated carbocycles. The van der Waals surface area contributed by atoms with Gasteiger partial charge in [0, 0.05) is 36.6 Å². The van der Waals surface area contributed by atoms with Crippen molar-refractivity contribution in [2.45, 2.75) is 18.9 Å². The molecule has 1 aliphatic heterocycles. The Bertz CT molecular complexity index is 1020. The number of aromatic nitrogens is 3. The Hall–Kier alpha value is -3.43. The maximum atomic E-state index is 5.36. The van der Waals surface area contributed by atoms with E-state index >= 15 is 0 Å². The lowest BCUT2D eigenvalue weighted by atomic mass is 10.0. The molecule has 0 bridgehead atoms. The summed E-state index contributed by atoms with van der Waals surface area (Å²) >= 11 is 0. The highest BCUT2D eigenvalue weighted by Gasteiger charge is 2.23. The number of nitrogens with one attached hydrogen (secondary N) is 1. The quantitative estimate of drug-likeness (QED) is 0.660. The van der Waals surface area contributed by atoms with Gasteiger partial charge in [0.15, 0.2) is 0 Å². The van der Waals surface area contributed by atoms with Gasteiger partial charge in [0.05, 0.1) is 12.4 Å². The standard InChI is InChI=1S/C24H26N6/c1-4-19-15-26-24(17-25-19)28-23-14-22(30(3)20-10-12-29(2)13-11-20)21(16-27-23)18-8-6-5-7-9-18/h1,5-9,14-17,20H,10-13H2,2-3H3,(H,26,27,28). The summed E-state index contributed by atoms with van der Waals surface area (Å²) in [5.41, 5.74) is 3.94. The molecule has 152 valence electrons. The summed E-state index contributed by atoms with van der Waals surface area (Å²) in [5, 5.41) is 3.25. The third-order valence-electron chi connectivity index (χ3n) is 5.64. The number of piperidine rings is 1. The van der Waals surface area contributed by atoms with Crippen molar-refractivity contribution in [3.63, 3.8) is 0 Å². The van der Waals surface area contributed by atoms with Crippen LogP contribution in [0, 0.1) is 12.3 Å². The first kappa shape index (κ1) is 19.9. The van der Waals surface area contributed by atoms with Gasteiger partial charge >= 0.3 is 0 Å². The molecule has 1 N–H and O–H groups in total. The van der Waals surface area contributed by atoms with Gasteiger partial charge in [-0.05, 0) is 44.5 Å². The number of benzene rings is 1. The Kier molecular flexibility index (Phi) is 5.92. The van der Waals surface area contributed by atoms with Crippen LogP contribution in [0.1, 0.15) is 18.5 Å². The van der Waals surface area contributed by atoms with E-state index in [-0.39, 0.29) is 0 Å². The van der Waals surface area contributed by atoms with Crippen LogP contribution >= 0.6 is 0 Å². The summed E-state index contributed by atoms with van der Waals surface area (Å²) in [6.07, 6.45) is 12.8. The third-order valence-corrected chi connectivity index (χ3v) is 5.64. The van der Waals surface area contributed by atoms with Crippen molar-refractivity contribution in [3.8, 4) is 23.5 Å². The molecule has 2 aromatic heterocycles. The third kappa shape index (κ3) is 4.42. The average molecular weight is 399 g/mol. The van der Waals surface area contributed by atoms with Gasteiger partial charge in [-0.1, -0.05) is 30.3 Å². The molecule has 4 rings (SSSR count). The van der Waals surface area contributed by atoms with E-state index in [2.05, 4.69) is 80.4 Å². The Morgan fingerprint density at radius 2 is 1.77 bits per heavy atom. The molecule has 0 aliphatic carbocycles. The maximum Gasteiger partial charge on any atom is 0.150 e. The van der Waals surface area contributed by atoms with Crippen LogP contribution in [0.25, 0.3) is 11.1 Å². The van der Waals surface area contributed by atoms with Crippen LogP contribution in [0.5, 0.6) is 0 Å². The van der Waals surface area contributed by atoms with Gasteiger partial charge in [-0.2, -0.15) is 0 Å². The molecule has 1 aromatic carbocycles. The molecule has 6 heteroatoms. The Morgan fingerprint density at radius 1 is 1.03 bits per heavy atom. The minimum Gasteiger partial charge on any atom is -0.371 e. The van der Waals surface area contributed by atoms with Crippen LogP contribution in [0.2, 0.25) is 0 Å². The van der Waals surface area contributed by atoms with E-state index in [1.807, 2.05) is 12.3 Å². The fourth-order valence-corrected chi connectivity index (χ4v) is 3.82. The zero-order chi connectivity index (χ0) is 20.9. The predicted octanol–water partition coefficient (Wildman–Crippen LogP) is 3.79. The highest BCUT2D eigenvalue weighted by molar-refractivity contribution is 5.80. The van der Waals surface area contributed by atoms with E-state index < -0.39 is 0 Å². The number of hydrogen-bond acceptors (Lipinski definition) is 6. The molecule has 0 atom stereocenters. The summed E-state index contributed by atoms with van der Waals surface area (Å²) in [4.78, 5) is 17.9. The number of anilines is 3. The molecule has 1 saturated heterocycles. The first-order chi connectivity index (χ1) is 14.6. The van der Waals surface area contributed by atoms with E-state index in [0.717, 1.165) is 48.6 Å². The molecule has 0 radical (unpaired) electrons. The zero-order valence-electron chi connectivity index (χ0n) is 17.4. The first-order valence-corrected chi connectivity index (χ1v) is 10.2. The molecule has 30 heavy (non-hydrogen) atoms. The van der Waals surface area contributed by atoms with Crippen molar-refractivity contribution in [1.82, 2.24) is 19.9 Å². The lowest BCUT2D eigenvalue weighted by Gasteiger charge is -2.37. The molecule has 0 unspecified atom stereocenters. The summed E-state index contributed by atoms with van der Waals surface area (Å²) in [6.45, 7) is 2.23. The van der Waals surface area contributed by atoms with Crippen molar-refractivity contribution < 1.29 is 0 Å².